The zero-order chi connectivity index (χ0) is 24.3. The molecule has 0 aromatic heterocycles. The molecule has 0 saturated carbocycles. The van der Waals surface area contributed by atoms with Crippen molar-refractivity contribution in [3.05, 3.63) is 102 Å². The van der Waals surface area contributed by atoms with E-state index < -0.39 is 6.04 Å². The van der Waals surface area contributed by atoms with Crippen molar-refractivity contribution in [1.29, 1.82) is 0 Å². The number of aryl methyl sites for hydroxylation is 1. The van der Waals surface area contributed by atoms with Crippen molar-refractivity contribution in [2.24, 2.45) is 0 Å². The summed E-state index contributed by atoms with van der Waals surface area (Å²) >= 11 is 0. The summed E-state index contributed by atoms with van der Waals surface area (Å²) in [5, 5.41) is 3.08. The molecule has 34 heavy (non-hydrogen) atoms. The molecule has 1 N–H and O–H groups in total. The molecule has 2 atom stereocenters. The molecule has 3 rings (SSSR count). The fourth-order valence-corrected chi connectivity index (χ4v) is 3.75. The average Bonchev–Trinajstić information content (AvgIpc) is 2.85. The van der Waals surface area contributed by atoms with Gasteiger partial charge in [-0.05, 0) is 43.5 Å². The first-order valence-electron chi connectivity index (χ1n) is 11.8. The summed E-state index contributed by atoms with van der Waals surface area (Å²) < 4.78 is 5.77. The molecule has 0 saturated heterocycles. The molecule has 0 unspecified atom stereocenters. The number of carbonyl (C=O) groups is 2. The zero-order valence-corrected chi connectivity index (χ0v) is 20.2. The number of rotatable bonds is 11. The summed E-state index contributed by atoms with van der Waals surface area (Å²) in [6.45, 7) is 6.20. The predicted molar refractivity (Wildman–Crippen MR) is 135 cm³/mol. The van der Waals surface area contributed by atoms with Gasteiger partial charge in [0.05, 0.1) is 0 Å². The molecule has 0 fully saturated rings. The van der Waals surface area contributed by atoms with Crippen molar-refractivity contribution in [2.75, 3.05) is 6.61 Å². The van der Waals surface area contributed by atoms with E-state index in [0.29, 0.717) is 18.7 Å². The van der Waals surface area contributed by atoms with E-state index in [-0.39, 0.29) is 24.5 Å². The summed E-state index contributed by atoms with van der Waals surface area (Å²) in [6.07, 6.45) is 1.23. The normalized spacial score (nSPS) is 12.4. The molecule has 0 aliphatic heterocycles. The molecule has 0 bridgehead atoms. The Balaban J connectivity index is 1.91. The van der Waals surface area contributed by atoms with Crippen LogP contribution in [0, 0.1) is 6.92 Å². The fourth-order valence-electron chi connectivity index (χ4n) is 3.75. The number of ether oxygens (including phenoxy) is 1. The van der Waals surface area contributed by atoms with Crippen molar-refractivity contribution in [3.63, 3.8) is 0 Å². The Morgan fingerprint density at radius 1 is 0.912 bits per heavy atom. The van der Waals surface area contributed by atoms with E-state index in [0.717, 1.165) is 23.1 Å². The minimum absolute atomic E-state index is 0.0160. The maximum atomic E-state index is 13.5. The van der Waals surface area contributed by atoms with Crippen molar-refractivity contribution >= 4 is 11.8 Å². The van der Waals surface area contributed by atoms with E-state index in [1.165, 1.54) is 0 Å². The first-order chi connectivity index (χ1) is 16.5. The molecule has 2 amide bonds. The van der Waals surface area contributed by atoms with Gasteiger partial charge in [-0.1, -0.05) is 85.3 Å². The van der Waals surface area contributed by atoms with Crippen LogP contribution < -0.4 is 10.1 Å². The zero-order valence-electron chi connectivity index (χ0n) is 20.2. The van der Waals surface area contributed by atoms with E-state index in [1.54, 1.807) is 4.90 Å². The van der Waals surface area contributed by atoms with Gasteiger partial charge in [0, 0.05) is 19.0 Å². The Bertz CT molecular complexity index is 1050. The molecule has 3 aromatic rings. The second-order valence-corrected chi connectivity index (χ2v) is 8.64. The van der Waals surface area contributed by atoms with Crippen molar-refractivity contribution in [3.8, 4) is 5.75 Å². The summed E-state index contributed by atoms with van der Waals surface area (Å²) in [5.41, 5.74) is 3.08. The predicted octanol–water partition coefficient (Wildman–Crippen LogP) is 4.93. The number of nitrogens with one attached hydrogen (secondary N) is 1. The molecule has 0 heterocycles. The minimum atomic E-state index is -0.663. The van der Waals surface area contributed by atoms with E-state index >= 15 is 0 Å². The molecule has 5 nitrogen and oxygen atoms in total. The van der Waals surface area contributed by atoms with Crippen LogP contribution in [0.3, 0.4) is 0 Å². The van der Waals surface area contributed by atoms with Gasteiger partial charge in [0.2, 0.25) is 5.91 Å². The third kappa shape index (κ3) is 7.48. The van der Waals surface area contributed by atoms with Crippen molar-refractivity contribution in [2.45, 2.75) is 52.2 Å². The Kier molecular flexibility index (Phi) is 9.27. The molecular formula is C29H34N2O3. The lowest BCUT2D eigenvalue weighted by Crippen LogP contribution is -2.53. The van der Waals surface area contributed by atoms with Crippen LogP contribution in [-0.4, -0.2) is 35.4 Å². The van der Waals surface area contributed by atoms with Crippen LogP contribution in [0.25, 0.3) is 0 Å². The van der Waals surface area contributed by atoms with Gasteiger partial charge in [-0.25, -0.2) is 0 Å². The number of amides is 2. The van der Waals surface area contributed by atoms with Crippen LogP contribution >= 0.6 is 0 Å². The minimum Gasteiger partial charge on any atom is -0.484 e. The van der Waals surface area contributed by atoms with Gasteiger partial charge in [-0.3, -0.25) is 9.59 Å². The number of benzene rings is 3. The van der Waals surface area contributed by atoms with E-state index in [9.17, 15) is 9.59 Å². The fraction of sp³-hybridized carbons (Fsp3) is 0.310. The number of hydrogen-bond acceptors (Lipinski definition) is 3. The van der Waals surface area contributed by atoms with Gasteiger partial charge in [-0.15, -0.1) is 0 Å². The van der Waals surface area contributed by atoms with Crippen LogP contribution in [0.1, 0.15) is 37.0 Å². The van der Waals surface area contributed by atoms with Gasteiger partial charge in [-0.2, -0.15) is 0 Å². The topological polar surface area (TPSA) is 58.6 Å². The molecule has 0 aliphatic rings. The van der Waals surface area contributed by atoms with E-state index in [1.807, 2.05) is 106 Å². The van der Waals surface area contributed by atoms with Crippen LogP contribution in [0.15, 0.2) is 84.9 Å². The quantitative estimate of drug-likeness (QED) is 0.443. The van der Waals surface area contributed by atoms with Gasteiger partial charge in [0.1, 0.15) is 11.8 Å². The highest BCUT2D eigenvalue weighted by Crippen LogP contribution is 2.17. The highest BCUT2D eigenvalue weighted by atomic mass is 16.5. The third-order valence-corrected chi connectivity index (χ3v) is 5.81. The monoisotopic (exact) mass is 458 g/mol. The summed E-state index contributed by atoms with van der Waals surface area (Å²) in [4.78, 5) is 28.6. The Hall–Kier alpha value is -3.60. The highest BCUT2D eigenvalue weighted by molar-refractivity contribution is 5.88. The Morgan fingerprint density at radius 2 is 1.56 bits per heavy atom. The molecule has 0 aliphatic carbocycles. The lowest BCUT2D eigenvalue weighted by Gasteiger charge is -2.32. The number of hydrogen-bond donors (Lipinski definition) is 1. The molecule has 0 spiro atoms. The van der Waals surface area contributed by atoms with E-state index in [2.05, 4.69) is 5.32 Å². The largest absolute Gasteiger partial charge is 0.484 e. The molecule has 3 aromatic carbocycles. The second-order valence-electron chi connectivity index (χ2n) is 8.64. The van der Waals surface area contributed by atoms with Gasteiger partial charge in [0.25, 0.3) is 5.91 Å². The SMILES string of the molecule is CC[C@H](C)NC(=O)[C@@H](Cc1ccccc1)N(Cc1cccc(C)c1)C(=O)COc1ccccc1. The van der Waals surface area contributed by atoms with Crippen LogP contribution in [0.4, 0.5) is 0 Å². The first-order valence-corrected chi connectivity index (χ1v) is 11.8. The number of para-hydroxylation sites is 1. The maximum absolute atomic E-state index is 13.5. The van der Waals surface area contributed by atoms with Crippen molar-refractivity contribution < 1.29 is 14.3 Å². The molecular weight excluding hydrogens is 424 g/mol. The van der Waals surface area contributed by atoms with Crippen LogP contribution in [-0.2, 0) is 22.6 Å². The van der Waals surface area contributed by atoms with E-state index in [4.69, 9.17) is 4.74 Å². The smallest absolute Gasteiger partial charge is 0.261 e. The second kappa shape index (κ2) is 12.6. The Labute approximate surface area is 202 Å². The molecule has 0 radical (unpaired) electrons. The Morgan fingerprint density at radius 3 is 2.21 bits per heavy atom. The third-order valence-electron chi connectivity index (χ3n) is 5.81. The lowest BCUT2D eigenvalue weighted by molar-refractivity contribution is -0.143. The summed E-state index contributed by atoms with van der Waals surface area (Å²) in [5.74, 6) is 0.236. The molecule has 178 valence electrons. The summed E-state index contributed by atoms with van der Waals surface area (Å²) in [6, 6.07) is 26.4. The number of nitrogens with zero attached hydrogens (tertiary/aromatic N) is 1. The standard InChI is InChI=1S/C29H34N2O3/c1-4-23(3)30-29(33)27(19-24-13-7-5-8-14-24)31(20-25-15-11-12-22(2)18-25)28(32)21-34-26-16-9-6-10-17-26/h5-18,23,27H,4,19-21H2,1-3H3,(H,30,33)/t23-,27+/m0/s1. The first kappa shape index (κ1) is 25.0. The summed E-state index contributed by atoms with van der Waals surface area (Å²) in [7, 11) is 0. The van der Waals surface area contributed by atoms with Crippen molar-refractivity contribution in [1.82, 2.24) is 10.2 Å². The average molecular weight is 459 g/mol. The number of carbonyl (C=O) groups excluding carboxylic acids is 2. The lowest BCUT2D eigenvalue weighted by atomic mass is 10.0. The maximum Gasteiger partial charge on any atom is 0.261 e. The van der Waals surface area contributed by atoms with Crippen LogP contribution in [0.5, 0.6) is 5.75 Å². The van der Waals surface area contributed by atoms with Gasteiger partial charge in [0.15, 0.2) is 6.61 Å². The van der Waals surface area contributed by atoms with Gasteiger partial charge >= 0.3 is 0 Å². The molecule has 5 heteroatoms. The highest BCUT2D eigenvalue weighted by Gasteiger charge is 2.31. The van der Waals surface area contributed by atoms with Gasteiger partial charge < -0.3 is 15.0 Å². The van der Waals surface area contributed by atoms with Crippen LogP contribution in [0.2, 0.25) is 0 Å².